The zero-order chi connectivity index (χ0) is 23.1. The Morgan fingerprint density at radius 2 is 2.03 bits per heavy atom. The highest BCUT2D eigenvalue weighted by Crippen LogP contribution is 2.31. The Hall–Kier alpha value is -2.75. The first-order valence-electron chi connectivity index (χ1n) is 11.0. The van der Waals surface area contributed by atoms with Gasteiger partial charge in [0.25, 0.3) is 5.91 Å². The van der Waals surface area contributed by atoms with Crippen LogP contribution in [-0.2, 0) is 17.8 Å². The van der Waals surface area contributed by atoms with Crippen molar-refractivity contribution in [3.8, 4) is 5.75 Å². The summed E-state index contributed by atoms with van der Waals surface area (Å²) in [6.45, 7) is 8.59. The number of morpholine rings is 1. The number of aromatic nitrogens is 3. The van der Waals surface area contributed by atoms with Crippen molar-refractivity contribution < 1.29 is 18.7 Å². The standard InChI is InChI=1S/C23H25ClFN5O3/c1-14-21(24)15(2)30-22(26-14)18-12-29(13-19(18)27-30)23(31)17-4-3-16(25)11-20(17)33-10-7-28-5-8-32-9-6-28/h3-4,11H,5-10,12-13H2,1-2H3. The molecule has 0 bridgehead atoms. The second kappa shape index (κ2) is 8.89. The Morgan fingerprint density at radius 3 is 2.82 bits per heavy atom. The topological polar surface area (TPSA) is 72.2 Å². The van der Waals surface area contributed by atoms with Crippen LogP contribution in [0.1, 0.15) is 33.0 Å². The minimum absolute atomic E-state index is 0.227. The number of fused-ring (bicyclic) bond motifs is 3. The fraction of sp³-hybridized carbons (Fsp3) is 0.435. The molecular formula is C23H25ClFN5O3. The first-order chi connectivity index (χ1) is 15.9. The number of carbonyl (C=O) groups is 1. The Kier molecular flexibility index (Phi) is 5.94. The highest BCUT2D eigenvalue weighted by atomic mass is 35.5. The van der Waals surface area contributed by atoms with Gasteiger partial charge >= 0.3 is 0 Å². The van der Waals surface area contributed by atoms with Crippen LogP contribution in [0.5, 0.6) is 5.75 Å². The first kappa shape index (κ1) is 22.1. The van der Waals surface area contributed by atoms with Crippen molar-refractivity contribution in [3.63, 3.8) is 0 Å². The van der Waals surface area contributed by atoms with Gasteiger partial charge in [0.05, 0.1) is 54.0 Å². The number of ether oxygens (including phenoxy) is 2. The van der Waals surface area contributed by atoms with Gasteiger partial charge in [-0.1, -0.05) is 11.6 Å². The summed E-state index contributed by atoms with van der Waals surface area (Å²) < 4.78 is 26.9. The van der Waals surface area contributed by atoms with Crippen LogP contribution in [0.25, 0.3) is 5.65 Å². The molecule has 3 aromatic rings. The largest absolute Gasteiger partial charge is 0.491 e. The predicted molar refractivity (Wildman–Crippen MR) is 120 cm³/mol. The Morgan fingerprint density at radius 1 is 1.24 bits per heavy atom. The molecule has 2 aliphatic rings. The van der Waals surface area contributed by atoms with Crippen molar-refractivity contribution >= 4 is 23.2 Å². The molecule has 0 saturated carbocycles. The molecule has 5 rings (SSSR count). The lowest BCUT2D eigenvalue weighted by Gasteiger charge is -2.26. The van der Waals surface area contributed by atoms with E-state index in [1.54, 1.807) is 9.42 Å². The van der Waals surface area contributed by atoms with Crippen molar-refractivity contribution in [1.29, 1.82) is 0 Å². The molecule has 33 heavy (non-hydrogen) atoms. The summed E-state index contributed by atoms with van der Waals surface area (Å²) >= 11 is 6.32. The van der Waals surface area contributed by atoms with Crippen LogP contribution in [0.4, 0.5) is 4.39 Å². The number of rotatable bonds is 5. The highest BCUT2D eigenvalue weighted by Gasteiger charge is 2.31. The number of amides is 1. The van der Waals surface area contributed by atoms with Gasteiger partial charge in [-0.05, 0) is 26.0 Å². The van der Waals surface area contributed by atoms with Crippen molar-refractivity contribution in [2.75, 3.05) is 39.5 Å². The lowest BCUT2D eigenvalue weighted by molar-refractivity contribution is 0.0321. The Bertz CT molecular complexity index is 1220. The van der Waals surface area contributed by atoms with E-state index >= 15 is 0 Å². The third-order valence-corrected chi connectivity index (χ3v) is 6.73. The number of benzene rings is 1. The second-order valence-corrected chi connectivity index (χ2v) is 8.74. The molecule has 4 heterocycles. The molecule has 8 nitrogen and oxygen atoms in total. The molecule has 1 fully saturated rings. The lowest BCUT2D eigenvalue weighted by atomic mass is 10.1. The van der Waals surface area contributed by atoms with Gasteiger partial charge in [0, 0.05) is 31.3 Å². The number of carbonyl (C=O) groups excluding carboxylic acids is 1. The number of halogens is 2. The van der Waals surface area contributed by atoms with Crippen LogP contribution in [0, 0.1) is 19.7 Å². The molecule has 2 aliphatic heterocycles. The minimum atomic E-state index is -0.442. The number of aryl methyl sites for hydroxylation is 2. The number of nitrogens with zero attached hydrogens (tertiary/aromatic N) is 5. The molecular weight excluding hydrogens is 449 g/mol. The predicted octanol–water partition coefficient (Wildman–Crippen LogP) is 3.01. The van der Waals surface area contributed by atoms with Gasteiger partial charge in [-0.2, -0.15) is 5.10 Å². The molecule has 2 aromatic heterocycles. The molecule has 0 unspecified atom stereocenters. The fourth-order valence-corrected chi connectivity index (χ4v) is 4.45. The van der Waals surface area contributed by atoms with Crippen molar-refractivity contribution in [3.05, 3.63) is 57.2 Å². The molecule has 0 aliphatic carbocycles. The van der Waals surface area contributed by atoms with E-state index in [9.17, 15) is 9.18 Å². The number of hydrogen-bond donors (Lipinski definition) is 0. The fourth-order valence-electron chi connectivity index (χ4n) is 4.33. The molecule has 0 atom stereocenters. The van der Waals surface area contributed by atoms with E-state index in [-0.39, 0.29) is 11.7 Å². The van der Waals surface area contributed by atoms with Gasteiger partial charge in [-0.15, -0.1) is 0 Å². The zero-order valence-electron chi connectivity index (χ0n) is 18.6. The maximum absolute atomic E-state index is 14.0. The lowest BCUT2D eigenvalue weighted by Crippen LogP contribution is -2.38. The Balaban J connectivity index is 1.33. The van der Waals surface area contributed by atoms with Crippen LogP contribution in [0.15, 0.2) is 18.2 Å². The summed E-state index contributed by atoms with van der Waals surface area (Å²) in [4.78, 5) is 21.8. The van der Waals surface area contributed by atoms with Crippen molar-refractivity contribution in [2.45, 2.75) is 26.9 Å². The molecule has 0 N–H and O–H groups in total. The average Bonchev–Trinajstić information content (AvgIpc) is 3.37. The minimum Gasteiger partial charge on any atom is -0.491 e. The molecule has 0 radical (unpaired) electrons. The van der Waals surface area contributed by atoms with Gasteiger partial charge in [-0.25, -0.2) is 13.9 Å². The summed E-state index contributed by atoms with van der Waals surface area (Å²) in [6, 6.07) is 4.04. The first-order valence-corrected chi connectivity index (χ1v) is 11.3. The Labute approximate surface area is 195 Å². The number of hydrogen-bond acceptors (Lipinski definition) is 6. The summed E-state index contributed by atoms with van der Waals surface area (Å²) in [5, 5.41) is 5.21. The van der Waals surface area contributed by atoms with E-state index in [0.717, 1.165) is 35.7 Å². The highest BCUT2D eigenvalue weighted by molar-refractivity contribution is 6.31. The van der Waals surface area contributed by atoms with Crippen molar-refractivity contribution in [1.82, 2.24) is 24.4 Å². The average molecular weight is 474 g/mol. The summed E-state index contributed by atoms with van der Waals surface area (Å²) in [6.07, 6.45) is 0. The normalized spacial score (nSPS) is 16.4. The van der Waals surface area contributed by atoms with Crippen LogP contribution in [-0.4, -0.2) is 69.8 Å². The van der Waals surface area contributed by atoms with Crippen LogP contribution >= 0.6 is 11.6 Å². The van der Waals surface area contributed by atoms with Crippen LogP contribution < -0.4 is 4.74 Å². The van der Waals surface area contributed by atoms with Crippen LogP contribution in [0.2, 0.25) is 5.02 Å². The summed E-state index contributed by atoms with van der Waals surface area (Å²) in [5.74, 6) is -0.416. The van der Waals surface area contributed by atoms with Gasteiger partial charge < -0.3 is 14.4 Å². The maximum Gasteiger partial charge on any atom is 0.258 e. The molecule has 1 saturated heterocycles. The quantitative estimate of drug-likeness (QED) is 0.567. The van der Waals surface area contributed by atoms with Crippen LogP contribution in [0.3, 0.4) is 0 Å². The van der Waals surface area contributed by atoms with Gasteiger partial charge in [-0.3, -0.25) is 9.69 Å². The second-order valence-electron chi connectivity index (χ2n) is 8.36. The van der Waals surface area contributed by atoms with E-state index in [2.05, 4.69) is 15.0 Å². The SMILES string of the molecule is Cc1nc2c3c(nn2c(C)c1Cl)CN(C(=O)c1ccc(F)cc1OCCN1CCOCC1)C3. The zero-order valence-corrected chi connectivity index (χ0v) is 19.4. The van der Waals surface area contributed by atoms with E-state index in [1.165, 1.54) is 18.2 Å². The van der Waals surface area contributed by atoms with E-state index in [4.69, 9.17) is 21.1 Å². The van der Waals surface area contributed by atoms with Gasteiger partial charge in [0.2, 0.25) is 0 Å². The third-order valence-electron chi connectivity index (χ3n) is 6.19. The maximum atomic E-state index is 14.0. The smallest absolute Gasteiger partial charge is 0.258 e. The summed E-state index contributed by atoms with van der Waals surface area (Å²) in [5.41, 5.74) is 4.29. The summed E-state index contributed by atoms with van der Waals surface area (Å²) in [7, 11) is 0. The van der Waals surface area contributed by atoms with Gasteiger partial charge in [0.1, 0.15) is 18.2 Å². The van der Waals surface area contributed by atoms with E-state index < -0.39 is 5.82 Å². The third kappa shape index (κ3) is 4.16. The molecule has 10 heteroatoms. The van der Waals surface area contributed by atoms with E-state index in [1.807, 2.05) is 13.8 Å². The molecule has 1 amide bonds. The molecule has 174 valence electrons. The van der Waals surface area contributed by atoms with E-state index in [0.29, 0.717) is 55.7 Å². The monoisotopic (exact) mass is 473 g/mol. The molecule has 0 spiro atoms. The van der Waals surface area contributed by atoms with Gasteiger partial charge in [0.15, 0.2) is 5.65 Å². The molecule has 1 aromatic carbocycles. The van der Waals surface area contributed by atoms with Crippen molar-refractivity contribution in [2.24, 2.45) is 0 Å².